The minimum atomic E-state index is -0.0668. The van der Waals surface area contributed by atoms with Gasteiger partial charge in [0.05, 0.1) is 0 Å². The second-order valence-electron chi connectivity index (χ2n) is 7.60. The largest absolute Gasteiger partial charge is 0.348 e. The Balaban J connectivity index is 1.62. The first-order chi connectivity index (χ1) is 14.1. The second kappa shape index (κ2) is 10.1. The van der Waals surface area contributed by atoms with Gasteiger partial charge >= 0.3 is 6.03 Å². The Labute approximate surface area is 173 Å². The third-order valence-electron chi connectivity index (χ3n) is 5.54. The number of carbonyl (C=O) groups is 2. The second-order valence-corrected chi connectivity index (χ2v) is 7.60. The van der Waals surface area contributed by atoms with E-state index >= 15 is 0 Å². The zero-order chi connectivity index (χ0) is 20.6. The van der Waals surface area contributed by atoms with Crippen LogP contribution in [0.15, 0.2) is 48.5 Å². The molecule has 0 unspecified atom stereocenters. The highest BCUT2D eigenvalue weighted by molar-refractivity contribution is 5.94. The van der Waals surface area contributed by atoms with Gasteiger partial charge in [-0.25, -0.2) is 4.79 Å². The number of nitrogens with one attached hydrogen (secondary N) is 2. The lowest BCUT2D eigenvalue weighted by molar-refractivity contribution is 0.0950. The third kappa shape index (κ3) is 5.59. The molecular weight excluding hydrogens is 362 g/mol. The highest BCUT2D eigenvalue weighted by Gasteiger charge is 2.24. The lowest BCUT2D eigenvalue weighted by Gasteiger charge is -2.33. The molecule has 1 atom stereocenters. The van der Waals surface area contributed by atoms with Crippen LogP contribution < -0.4 is 10.6 Å². The van der Waals surface area contributed by atoms with Crippen molar-refractivity contribution >= 4 is 11.9 Å². The van der Waals surface area contributed by atoms with Crippen molar-refractivity contribution in [2.75, 3.05) is 19.6 Å². The molecule has 0 aromatic heterocycles. The standard InChI is InChI=1S/C24H31N3O2/c1-3-18-10-12-19(13-11-18)16-26-23(28)21-8-5-7-20(15-21)22-9-6-14-27(17-22)24(29)25-4-2/h5,7-8,10-13,15,22H,3-4,6,9,14,16-17H2,1-2H3,(H,25,29)(H,26,28)/t22-/m0/s1. The summed E-state index contributed by atoms with van der Waals surface area (Å²) in [6.07, 6.45) is 3.02. The first kappa shape index (κ1) is 20.9. The van der Waals surface area contributed by atoms with E-state index in [-0.39, 0.29) is 17.9 Å². The van der Waals surface area contributed by atoms with Crippen LogP contribution in [0.1, 0.15) is 59.7 Å². The van der Waals surface area contributed by atoms with Crippen LogP contribution in [0.25, 0.3) is 0 Å². The maximum Gasteiger partial charge on any atom is 0.317 e. The van der Waals surface area contributed by atoms with Gasteiger partial charge in [0.25, 0.3) is 5.91 Å². The zero-order valence-electron chi connectivity index (χ0n) is 17.4. The monoisotopic (exact) mass is 393 g/mol. The van der Waals surface area contributed by atoms with Crippen molar-refractivity contribution in [1.29, 1.82) is 0 Å². The highest BCUT2D eigenvalue weighted by atomic mass is 16.2. The fourth-order valence-electron chi connectivity index (χ4n) is 3.81. The van der Waals surface area contributed by atoms with E-state index in [4.69, 9.17) is 0 Å². The summed E-state index contributed by atoms with van der Waals surface area (Å²) in [5.41, 5.74) is 4.18. The molecule has 0 spiro atoms. The van der Waals surface area contributed by atoms with Gasteiger partial charge in [0.1, 0.15) is 0 Å². The van der Waals surface area contributed by atoms with E-state index in [2.05, 4.69) is 47.9 Å². The van der Waals surface area contributed by atoms with Gasteiger partial charge in [0, 0.05) is 37.7 Å². The molecule has 5 heteroatoms. The summed E-state index contributed by atoms with van der Waals surface area (Å²) in [6.45, 7) is 6.70. The Morgan fingerprint density at radius 2 is 1.79 bits per heavy atom. The van der Waals surface area contributed by atoms with E-state index in [1.54, 1.807) is 0 Å². The van der Waals surface area contributed by atoms with Gasteiger partial charge in [0.15, 0.2) is 0 Å². The number of likely N-dealkylation sites (tertiary alicyclic amines) is 1. The van der Waals surface area contributed by atoms with Crippen molar-refractivity contribution in [2.24, 2.45) is 0 Å². The van der Waals surface area contributed by atoms with Crippen LogP contribution in [0, 0.1) is 0 Å². The number of hydrogen-bond donors (Lipinski definition) is 2. The van der Waals surface area contributed by atoms with Crippen LogP contribution >= 0.6 is 0 Å². The summed E-state index contributed by atoms with van der Waals surface area (Å²) in [5, 5.41) is 5.89. The van der Waals surface area contributed by atoms with Gasteiger partial charge in [0.2, 0.25) is 0 Å². The molecule has 5 nitrogen and oxygen atoms in total. The number of benzene rings is 2. The summed E-state index contributed by atoms with van der Waals surface area (Å²) in [4.78, 5) is 26.7. The minimum Gasteiger partial charge on any atom is -0.348 e. The number of urea groups is 1. The van der Waals surface area contributed by atoms with E-state index in [9.17, 15) is 9.59 Å². The first-order valence-corrected chi connectivity index (χ1v) is 10.6. The summed E-state index contributed by atoms with van der Waals surface area (Å²) in [5.74, 6) is 0.198. The van der Waals surface area contributed by atoms with Gasteiger partial charge in [-0.2, -0.15) is 0 Å². The van der Waals surface area contributed by atoms with Crippen molar-refractivity contribution in [3.05, 3.63) is 70.8 Å². The fourth-order valence-corrected chi connectivity index (χ4v) is 3.81. The number of piperidine rings is 1. The van der Waals surface area contributed by atoms with E-state index in [1.807, 2.05) is 30.0 Å². The van der Waals surface area contributed by atoms with Gasteiger partial charge in [-0.05, 0) is 55.0 Å². The topological polar surface area (TPSA) is 61.4 Å². The van der Waals surface area contributed by atoms with Crippen LogP contribution in [0.3, 0.4) is 0 Å². The maximum atomic E-state index is 12.6. The number of nitrogens with zero attached hydrogens (tertiary/aromatic N) is 1. The number of hydrogen-bond acceptors (Lipinski definition) is 2. The van der Waals surface area contributed by atoms with E-state index in [1.165, 1.54) is 5.56 Å². The molecule has 1 aliphatic rings. The number of rotatable bonds is 6. The molecule has 154 valence electrons. The van der Waals surface area contributed by atoms with Crippen molar-refractivity contribution in [3.63, 3.8) is 0 Å². The summed E-state index contributed by atoms with van der Waals surface area (Å²) in [6, 6.07) is 16.2. The van der Waals surface area contributed by atoms with Gasteiger partial charge in [-0.3, -0.25) is 4.79 Å². The normalized spacial score (nSPS) is 16.3. The van der Waals surface area contributed by atoms with Crippen molar-refractivity contribution < 1.29 is 9.59 Å². The first-order valence-electron chi connectivity index (χ1n) is 10.6. The third-order valence-corrected chi connectivity index (χ3v) is 5.54. The molecule has 2 N–H and O–H groups in total. The van der Waals surface area contributed by atoms with Crippen molar-refractivity contribution in [2.45, 2.75) is 45.6 Å². The molecule has 2 aromatic carbocycles. The molecule has 1 heterocycles. The SMILES string of the molecule is CCNC(=O)N1CCC[C@H](c2cccc(C(=O)NCc3ccc(CC)cc3)c2)C1. The Morgan fingerprint density at radius 3 is 2.52 bits per heavy atom. The quantitative estimate of drug-likeness (QED) is 0.777. The lowest BCUT2D eigenvalue weighted by Crippen LogP contribution is -2.44. The molecule has 1 fully saturated rings. The number of aryl methyl sites for hydroxylation is 1. The van der Waals surface area contributed by atoms with Gasteiger partial charge in [-0.1, -0.05) is 43.3 Å². The van der Waals surface area contributed by atoms with Crippen molar-refractivity contribution in [1.82, 2.24) is 15.5 Å². The minimum absolute atomic E-state index is 0.000175. The van der Waals surface area contributed by atoms with Crippen molar-refractivity contribution in [3.8, 4) is 0 Å². The molecule has 3 amide bonds. The molecule has 2 aromatic rings. The maximum absolute atomic E-state index is 12.6. The average molecular weight is 394 g/mol. The van der Waals surface area contributed by atoms with Gasteiger partial charge in [-0.15, -0.1) is 0 Å². The summed E-state index contributed by atoms with van der Waals surface area (Å²) >= 11 is 0. The molecule has 1 saturated heterocycles. The Kier molecular flexibility index (Phi) is 7.28. The molecular formula is C24H31N3O2. The predicted molar refractivity (Wildman–Crippen MR) is 116 cm³/mol. The molecule has 0 aliphatic carbocycles. The smallest absolute Gasteiger partial charge is 0.317 e. The van der Waals surface area contributed by atoms with E-state index < -0.39 is 0 Å². The molecule has 3 rings (SSSR count). The van der Waals surface area contributed by atoms with Crippen LogP contribution in [0.4, 0.5) is 4.79 Å². The van der Waals surface area contributed by atoms with Crippen LogP contribution in [-0.4, -0.2) is 36.5 Å². The van der Waals surface area contributed by atoms with Crippen LogP contribution in [0.5, 0.6) is 0 Å². The Hall–Kier alpha value is -2.82. The summed E-state index contributed by atoms with van der Waals surface area (Å²) in [7, 11) is 0. The molecule has 0 saturated carbocycles. The van der Waals surface area contributed by atoms with Gasteiger partial charge < -0.3 is 15.5 Å². The van der Waals surface area contributed by atoms with E-state index in [0.29, 0.717) is 25.2 Å². The molecule has 0 radical (unpaired) electrons. The van der Waals surface area contributed by atoms with Crippen LogP contribution in [-0.2, 0) is 13.0 Å². The Bertz CT molecular complexity index is 832. The van der Waals surface area contributed by atoms with E-state index in [0.717, 1.165) is 36.9 Å². The highest BCUT2D eigenvalue weighted by Crippen LogP contribution is 2.27. The predicted octanol–water partition coefficient (Wildman–Crippen LogP) is 4.09. The average Bonchev–Trinajstić information content (AvgIpc) is 2.78. The van der Waals surface area contributed by atoms with Crippen LogP contribution in [0.2, 0.25) is 0 Å². The molecule has 1 aliphatic heterocycles. The molecule has 0 bridgehead atoms. The molecule has 29 heavy (non-hydrogen) atoms. The number of carbonyl (C=O) groups excluding carboxylic acids is 2. The summed E-state index contributed by atoms with van der Waals surface area (Å²) < 4.78 is 0. The zero-order valence-corrected chi connectivity index (χ0v) is 17.4. The Morgan fingerprint density at radius 1 is 1.03 bits per heavy atom. The lowest BCUT2D eigenvalue weighted by atomic mass is 9.89. The number of amides is 3. The fraction of sp³-hybridized carbons (Fsp3) is 0.417.